The van der Waals surface area contributed by atoms with Crippen LogP contribution in [0.5, 0.6) is 11.5 Å². The summed E-state index contributed by atoms with van der Waals surface area (Å²) >= 11 is 0. The van der Waals surface area contributed by atoms with Gasteiger partial charge in [-0.25, -0.2) is 8.42 Å². The number of ether oxygens (including phenoxy) is 2. The summed E-state index contributed by atoms with van der Waals surface area (Å²) in [6.45, 7) is 9.64. The van der Waals surface area contributed by atoms with Gasteiger partial charge in [-0.2, -0.15) is 0 Å². The monoisotopic (exact) mass is 410 g/mol. The minimum Gasteiger partial charge on any atom is -0.493 e. The highest BCUT2D eigenvalue weighted by molar-refractivity contribution is 7.97. The van der Waals surface area contributed by atoms with Gasteiger partial charge < -0.3 is 14.8 Å². The molecule has 1 aromatic rings. The van der Waals surface area contributed by atoms with E-state index in [0.717, 1.165) is 4.31 Å². The second-order valence-electron chi connectivity index (χ2n) is 7.64. The van der Waals surface area contributed by atoms with Gasteiger partial charge in [0.25, 0.3) is 15.9 Å². The fourth-order valence-corrected chi connectivity index (χ4v) is 5.09. The fraction of sp³-hybridized carbons (Fsp3) is 0.550. The first-order chi connectivity index (χ1) is 13.0. The summed E-state index contributed by atoms with van der Waals surface area (Å²) in [6.07, 6.45) is 0. The van der Waals surface area contributed by atoms with Crippen LogP contribution in [0.3, 0.4) is 0 Å². The van der Waals surface area contributed by atoms with E-state index in [1.54, 1.807) is 19.1 Å². The van der Waals surface area contributed by atoms with Crippen molar-refractivity contribution in [3.8, 4) is 11.5 Å². The predicted octanol–water partition coefficient (Wildman–Crippen LogP) is 3.01. The number of nitrogens with zero attached hydrogens (tertiary/aromatic N) is 1. The number of nitrogens with one attached hydrogen (secondary N) is 1. The van der Waals surface area contributed by atoms with E-state index in [-0.39, 0.29) is 22.8 Å². The number of carbonyl (C=O) groups excluding carboxylic acids is 1. The van der Waals surface area contributed by atoms with Crippen LogP contribution < -0.4 is 19.1 Å². The van der Waals surface area contributed by atoms with E-state index in [4.69, 9.17) is 9.47 Å². The van der Waals surface area contributed by atoms with Gasteiger partial charge in [0.1, 0.15) is 0 Å². The van der Waals surface area contributed by atoms with Crippen molar-refractivity contribution in [2.75, 3.05) is 25.6 Å². The largest absolute Gasteiger partial charge is 0.493 e. The molecule has 1 aromatic carbocycles. The van der Waals surface area contributed by atoms with Gasteiger partial charge in [0.15, 0.2) is 16.4 Å². The second-order valence-corrected chi connectivity index (χ2v) is 9.54. The zero-order valence-corrected chi connectivity index (χ0v) is 18.6. The molecule has 1 N–H and O–H groups in total. The summed E-state index contributed by atoms with van der Waals surface area (Å²) in [4.78, 5) is 12.8. The molecule has 156 valence electrons. The molecule has 28 heavy (non-hydrogen) atoms. The Balaban J connectivity index is 2.65. The lowest BCUT2D eigenvalue weighted by molar-refractivity contribution is -0.118. The fourth-order valence-electron chi connectivity index (χ4n) is 3.62. The number of hydrogen-bond acceptors (Lipinski definition) is 5. The van der Waals surface area contributed by atoms with Gasteiger partial charge in [-0.1, -0.05) is 27.7 Å². The second kappa shape index (κ2) is 8.03. The molecule has 1 aliphatic rings. The average Bonchev–Trinajstić information content (AvgIpc) is 2.62. The van der Waals surface area contributed by atoms with E-state index in [2.05, 4.69) is 5.32 Å². The first kappa shape index (κ1) is 22.1. The van der Waals surface area contributed by atoms with Crippen LogP contribution in [0.4, 0.5) is 5.69 Å². The summed E-state index contributed by atoms with van der Waals surface area (Å²) in [5.41, 5.74) is 1.44. The molecule has 0 unspecified atom stereocenters. The summed E-state index contributed by atoms with van der Waals surface area (Å²) in [5.74, 6) is 0.646. The van der Waals surface area contributed by atoms with Crippen LogP contribution in [-0.4, -0.2) is 41.6 Å². The van der Waals surface area contributed by atoms with Crippen LogP contribution >= 0.6 is 0 Å². The van der Waals surface area contributed by atoms with Crippen molar-refractivity contribution < 1.29 is 22.7 Å². The molecule has 0 radical (unpaired) electrons. The number of amides is 1. The van der Waals surface area contributed by atoms with Crippen molar-refractivity contribution >= 4 is 27.2 Å². The van der Waals surface area contributed by atoms with Crippen molar-refractivity contribution in [1.82, 2.24) is 5.32 Å². The smallest absolute Gasteiger partial charge is 0.269 e. The summed E-state index contributed by atoms with van der Waals surface area (Å²) in [7, 11) is 0.429. The molecular weight excluding hydrogens is 380 g/mol. The van der Waals surface area contributed by atoms with E-state index in [1.165, 1.54) is 21.3 Å². The van der Waals surface area contributed by atoms with Gasteiger partial charge >= 0.3 is 0 Å². The third-order valence-electron chi connectivity index (χ3n) is 5.14. The van der Waals surface area contributed by atoms with E-state index in [9.17, 15) is 13.2 Å². The van der Waals surface area contributed by atoms with Crippen LogP contribution in [0.25, 0.3) is 5.57 Å². The van der Waals surface area contributed by atoms with E-state index in [1.807, 2.05) is 27.7 Å². The van der Waals surface area contributed by atoms with Crippen LogP contribution in [-0.2, 0) is 14.8 Å². The summed E-state index contributed by atoms with van der Waals surface area (Å²) < 4.78 is 38.0. The van der Waals surface area contributed by atoms with Gasteiger partial charge in [-0.3, -0.25) is 9.10 Å². The first-order valence-electron chi connectivity index (χ1n) is 9.24. The van der Waals surface area contributed by atoms with Crippen molar-refractivity contribution in [2.24, 2.45) is 11.8 Å². The van der Waals surface area contributed by atoms with Crippen LogP contribution in [0.2, 0.25) is 0 Å². The van der Waals surface area contributed by atoms with E-state index in [0.29, 0.717) is 28.3 Å². The number of hydrogen-bond donors (Lipinski definition) is 1. The summed E-state index contributed by atoms with van der Waals surface area (Å²) in [5, 5.41) is 2.92. The molecule has 0 bridgehead atoms. The molecule has 1 aliphatic heterocycles. The highest BCUT2D eigenvalue weighted by Crippen LogP contribution is 2.44. The number of carbonyl (C=O) groups is 1. The Bertz CT molecular complexity index is 895. The normalized spacial score (nSPS) is 15.9. The van der Waals surface area contributed by atoms with Gasteiger partial charge in [-0.15, -0.1) is 0 Å². The molecule has 0 aliphatic carbocycles. The number of methoxy groups -OCH3 is 2. The summed E-state index contributed by atoms with van der Waals surface area (Å²) in [6, 6.07) is 3.17. The maximum Gasteiger partial charge on any atom is 0.269 e. The third kappa shape index (κ3) is 3.70. The van der Waals surface area contributed by atoms with Crippen molar-refractivity contribution in [2.45, 2.75) is 40.7 Å². The predicted molar refractivity (Wildman–Crippen MR) is 111 cm³/mol. The van der Waals surface area contributed by atoms with E-state index < -0.39 is 15.9 Å². The zero-order valence-electron chi connectivity index (χ0n) is 17.8. The van der Waals surface area contributed by atoms with Gasteiger partial charge in [0.2, 0.25) is 0 Å². The molecule has 8 heteroatoms. The molecule has 0 atom stereocenters. The molecule has 0 spiro atoms. The third-order valence-corrected chi connectivity index (χ3v) is 7.07. The molecule has 7 nitrogen and oxygen atoms in total. The molecule has 2 rings (SSSR count). The topological polar surface area (TPSA) is 84.9 Å². The van der Waals surface area contributed by atoms with Crippen LogP contribution in [0.1, 0.15) is 40.2 Å². The van der Waals surface area contributed by atoms with Gasteiger partial charge in [0.05, 0.1) is 19.9 Å². The Hall–Kier alpha value is -2.22. The molecule has 0 saturated carbocycles. The number of allylic oxidation sites excluding steroid dienone is 1. The lowest BCUT2D eigenvalue weighted by Gasteiger charge is -2.32. The van der Waals surface area contributed by atoms with Crippen molar-refractivity contribution in [3.05, 3.63) is 22.6 Å². The Labute approximate surface area is 167 Å². The Morgan fingerprint density at radius 3 is 2.00 bits per heavy atom. The number of rotatable bonds is 6. The van der Waals surface area contributed by atoms with E-state index >= 15 is 0 Å². The Kier molecular flexibility index (Phi) is 6.33. The zero-order chi connectivity index (χ0) is 21.4. The highest BCUT2D eigenvalue weighted by atomic mass is 32.2. The molecule has 1 amide bonds. The standard InChI is InChI=1S/C20H30N2O5S/c1-11(2)18(12(3)4)21-20(23)19-13(5)14-9-16(26-7)17(27-8)10-15(14)22(6)28(19,24)25/h9-12,18H,1-8H3,(H,21,23). The number of anilines is 1. The quantitative estimate of drug-likeness (QED) is 0.779. The van der Waals surface area contributed by atoms with Gasteiger partial charge in [-0.05, 0) is 30.4 Å². The Morgan fingerprint density at radius 2 is 1.54 bits per heavy atom. The first-order valence-corrected chi connectivity index (χ1v) is 10.7. The molecule has 1 heterocycles. The molecule has 0 fully saturated rings. The molecule has 0 aromatic heterocycles. The lowest BCUT2D eigenvalue weighted by atomic mass is 9.93. The maximum absolute atomic E-state index is 13.1. The number of fused-ring (bicyclic) bond motifs is 1. The highest BCUT2D eigenvalue weighted by Gasteiger charge is 2.39. The lowest BCUT2D eigenvalue weighted by Crippen LogP contribution is -2.46. The maximum atomic E-state index is 13.1. The van der Waals surface area contributed by atoms with Crippen LogP contribution in [0.15, 0.2) is 17.0 Å². The number of sulfonamides is 1. The average molecular weight is 411 g/mol. The minimum atomic E-state index is -4.00. The molecule has 0 saturated heterocycles. The molecular formula is C20H30N2O5S. The van der Waals surface area contributed by atoms with Crippen molar-refractivity contribution in [1.29, 1.82) is 0 Å². The van der Waals surface area contributed by atoms with Gasteiger partial charge in [0, 0.05) is 24.7 Å². The minimum absolute atomic E-state index is 0.139. The Morgan fingerprint density at radius 1 is 1.04 bits per heavy atom. The van der Waals surface area contributed by atoms with Crippen LogP contribution in [0, 0.1) is 11.8 Å². The SMILES string of the molecule is COc1cc2c(cc1OC)N(C)S(=O)(=O)C(C(=O)NC(C(C)C)C(C)C)=C2C. The van der Waals surface area contributed by atoms with Crippen molar-refractivity contribution in [3.63, 3.8) is 0 Å². The number of benzene rings is 1.